The van der Waals surface area contributed by atoms with Crippen LogP contribution in [0.5, 0.6) is 0 Å². The molecule has 5 heteroatoms. The molecule has 0 N–H and O–H groups in total. The predicted octanol–water partition coefficient (Wildman–Crippen LogP) is 10.0. The third-order valence-corrected chi connectivity index (χ3v) is 8.72. The first kappa shape index (κ1) is 28.4. The van der Waals surface area contributed by atoms with Gasteiger partial charge in [-0.15, -0.1) is 12.6 Å². The number of hydrogen-bond donors (Lipinski definition) is 1. The first-order valence-electron chi connectivity index (χ1n) is 12.9. The Hall–Kier alpha value is -1.60. The van der Waals surface area contributed by atoms with Gasteiger partial charge in [-0.25, -0.2) is 0 Å². The molecule has 0 heterocycles. The fraction of sp³-hybridized carbons (Fsp3) is 0.438. The van der Waals surface area contributed by atoms with Crippen LogP contribution in [0.4, 0.5) is 8.78 Å². The van der Waals surface area contributed by atoms with Crippen LogP contribution < -0.4 is 0 Å². The number of ether oxygens (including phenoxy) is 1. The van der Waals surface area contributed by atoms with Crippen LogP contribution in [0.3, 0.4) is 0 Å². The van der Waals surface area contributed by atoms with E-state index in [1.54, 1.807) is 12.2 Å². The second kappa shape index (κ2) is 10.2. The van der Waals surface area contributed by atoms with Gasteiger partial charge < -0.3 is 4.74 Å². The van der Waals surface area contributed by atoms with E-state index in [1.165, 1.54) is 6.08 Å². The number of thiol groups is 1. The molecule has 3 atom stereocenters. The van der Waals surface area contributed by atoms with Gasteiger partial charge in [0.15, 0.2) is 0 Å². The Morgan fingerprint density at radius 2 is 1.65 bits per heavy atom. The second-order valence-electron chi connectivity index (χ2n) is 11.8. The molecule has 0 fully saturated rings. The number of hydrogen-bond acceptors (Lipinski definition) is 2. The van der Waals surface area contributed by atoms with Crippen LogP contribution in [0.15, 0.2) is 105 Å². The minimum atomic E-state index is -3.48. The summed E-state index contributed by atoms with van der Waals surface area (Å²) in [4.78, 5) is 1.07. The molecule has 4 aliphatic rings. The van der Waals surface area contributed by atoms with Crippen molar-refractivity contribution in [3.63, 3.8) is 0 Å². The maximum absolute atomic E-state index is 15.8. The van der Waals surface area contributed by atoms with E-state index >= 15 is 8.78 Å². The molecular weight excluding hydrogens is 597 g/mol. The summed E-state index contributed by atoms with van der Waals surface area (Å²) in [6, 6.07) is 0. The minimum absolute atomic E-state index is 0.132. The summed E-state index contributed by atoms with van der Waals surface area (Å²) in [6.07, 6.45) is 19.6. The van der Waals surface area contributed by atoms with Crippen LogP contribution in [-0.2, 0) is 4.74 Å². The summed E-state index contributed by atoms with van der Waals surface area (Å²) >= 11 is 6.93. The zero-order chi connectivity index (χ0) is 27.2. The summed E-state index contributed by atoms with van der Waals surface area (Å²) in [5, 5.41) is 0. The Morgan fingerprint density at radius 3 is 2.30 bits per heavy atom. The molecule has 0 aromatic carbocycles. The summed E-state index contributed by atoms with van der Waals surface area (Å²) < 4.78 is 38.2. The maximum atomic E-state index is 15.8. The fourth-order valence-corrected chi connectivity index (χ4v) is 6.53. The Morgan fingerprint density at radius 1 is 0.946 bits per heavy atom. The molecule has 4 rings (SSSR count). The van der Waals surface area contributed by atoms with Crippen molar-refractivity contribution in [1.29, 1.82) is 0 Å². The molecular formula is C32H37F2IOS. The van der Waals surface area contributed by atoms with E-state index in [0.717, 1.165) is 44.5 Å². The van der Waals surface area contributed by atoms with Crippen LogP contribution in [0.25, 0.3) is 0 Å². The van der Waals surface area contributed by atoms with Crippen molar-refractivity contribution in [2.24, 2.45) is 22.2 Å². The largest absolute Gasteiger partial charge is 0.429 e. The summed E-state index contributed by atoms with van der Waals surface area (Å²) in [5.74, 6) is 0.445. The molecule has 3 unspecified atom stereocenters. The summed E-state index contributed by atoms with van der Waals surface area (Å²) in [6.45, 7) is 12.3. The predicted molar refractivity (Wildman–Crippen MR) is 163 cm³/mol. The molecule has 0 aliphatic heterocycles. The minimum Gasteiger partial charge on any atom is -0.429 e. The molecule has 0 amide bonds. The number of alkyl halides is 3. The van der Waals surface area contributed by atoms with Crippen LogP contribution in [0.2, 0.25) is 0 Å². The normalized spacial score (nSPS) is 30.8. The zero-order valence-electron chi connectivity index (χ0n) is 22.5. The van der Waals surface area contributed by atoms with Gasteiger partial charge in [0.05, 0.1) is 5.57 Å². The van der Waals surface area contributed by atoms with Gasteiger partial charge in [-0.2, -0.15) is 8.78 Å². The molecule has 0 spiro atoms. The third kappa shape index (κ3) is 6.35. The van der Waals surface area contributed by atoms with E-state index < -0.39 is 11.5 Å². The monoisotopic (exact) mass is 634 g/mol. The van der Waals surface area contributed by atoms with Crippen LogP contribution in [-0.4, -0.2) is 10.5 Å². The topological polar surface area (TPSA) is 9.23 Å². The van der Waals surface area contributed by atoms with Crippen LogP contribution in [0.1, 0.15) is 54.4 Å². The zero-order valence-corrected chi connectivity index (χ0v) is 25.6. The van der Waals surface area contributed by atoms with Crippen molar-refractivity contribution in [3.05, 3.63) is 105 Å². The van der Waals surface area contributed by atoms with E-state index in [-0.39, 0.29) is 28.1 Å². The molecule has 0 aromatic heterocycles. The number of allylic oxidation sites excluding steroid dienone is 15. The first-order valence-corrected chi connectivity index (χ1v) is 14.8. The average molecular weight is 635 g/mol. The lowest BCUT2D eigenvalue weighted by molar-refractivity contribution is -0.177. The van der Waals surface area contributed by atoms with E-state index in [0.29, 0.717) is 0 Å². The highest BCUT2D eigenvalue weighted by Crippen LogP contribution is 2.53. The van der Waals surface area contributed by atoms with Crippen molar-refractivity contribution in [3.8, 4) is 0 Å². The van der Waals surface area contributed by atoms with Crippen molar-refractivity contribution >= 4 is 35.2 Å². The van der Waals surface area contributed by atoms with E-state index in [2.05, 4.69) is 86.4 Å². The van der Waals surface area contributed by atoms with E-state index in [4.69, 9.17) is 4.74 Å². The Kier molecular flexibility index (Phi) is 7.82. The van der Waals surface area contributed by atoms with Crippen LogP contribution >= 0.6 is 35.2 Å². The van der Waals surface area contributed by atoms with Gasteiger partial charge in [0.1, 0.15) is 5.76 Å². The molecule has 0 bridgehead atoms. The molecule has 198 valence electrons. The highest BCUT2D eigenvalue weighted by atomic mass is 127. The van der Waals surface area contributed by atoms with Crippen LogP contribution in [0, 0.1) is 22.2 Å². The standard InChI is InChI=1S/C32H37F2IOS/c1-21-8-11-25(19-30(5,16-21)12-7-13-35)36-32(33,34)24-10-9-23-14-22(2)17-31(6,26-15-28(26)37)20-27(23)29(3,4)18-24/h8-11,14-20,26,37H,7,12-13H2,1-6H3. The highest BCUT2D eigenvalue weighted by molar-refractivity contribution is 14.1. The summed E-state index contributed by atoms with van der Waals surface area (Å²) in [5.41, 5.74) is 2.79. The van der Waals surface area contributed by atoms with Gasteiger partial charge in [-0.3, -0.25) is 0 Å². The van der Waals surface area contributed by atoms with Crippen molar-refractivity contribution < 1.29 is 13.5 Å². The summed E-state index contributed by atoms with van der Waals surface area (Å²) in [7, 11) is 0. The fourth-order valence-electron chi connectivity index (χ4n) is 5.72. The molecule has 0 aromatic rings. The molecule has 1 nitrogen and oxygen atoms in total. The van der Waals surface area contributed by atoms with Gasteiger partial charge >= 0.3 is 6.11 Å². The molecule has 0 saturated carbocycles. The molecule has 0 radical (unpaired) electrons. The van der Waals surface area contributed by atoms with Gasteiger partial charge in [-0.1, -0.05) is 110 Å². The SMILES string of the molecule is CC1=CC(C)(CCCI)C=C(OC(F)(F)C2=CC(C)(C)C3=CC(C)(C4C=C4S)C=C(C)C=C3C=C2)C=C1. The quantitative estimate of drug-likeness (QED) is 0.167. The Balaban J connectivity index is 1.69. The number of halogens is 3. The Labute approximate surface area is 240 Å². The van der Waals surface area contributed by atoms with E-state index in [1.807, 2.05) is 39.0 Å². The molecule has 4 aliphatic carbocycles. The number of rotatable bonds is 7. The van der Waals surface area contributed by atoms with Crippen molar-refractivity contribution in [2.45, 2.75) is 60.5 Å². The van der Waals surface area contributed by atoms with Gasteiger partial charge in [-0.05, 0) is 65.4 Å². The van der Waals surface area contributed by atoms with Gasteiger partial charge in [0.25, 0.3) is 0 Å². The van der Waals surface area contributed by atoms with Gasteiger partial charge in [0, 0.05) is 22.2 Å². The lowest BCUT2D eigenvalue weighted by Gasteiger charge is -2.30. The van der Waals surface area contributed by atoms with E-state index in [9.17, 15) is 0 Å². The smallest absolute Gasteiger partial charge is 0.426 e. The third-order valence-electron chi connectivity index (χ3n) is 7.53. The lowest BCUT2D eigenvalue weighted by atomic mass is 9.74. The first-order chi connectivity index (χ1) is 17.2. The molecule has 0 saturated heterocycles. The lowest BCUT2D eigenvalue weighted by Crippen LogP contribution is -2.25. The Bertz CT molecular complexity index is 1250. The molecule has 37 heavy (non-hydrogen) atoms. The van der Waals surface area contributed by atoms with Crippen molar-refractivity contribution in [2.75, 3.05) is 4.43 Å². The average Bonchev–Trinajstić information content (AvgIpc) is 3.57. The maximum Gasteiger partial charge on any atom is 0.426 e. The number of fused-ring (bicyclic) bond motifs is 1. The van der Waals surface area contributed by atoms with Crippen molar-refractivity contribution in [1.82, 2.24) is 0 Å². The second-order valence-corrected chi connectivity index (χ2v) is 13.4. The highest BCUT2D eigenvalue weighted by Gasteiger charge is 2.43. The van der Waals surface area contributed by atoms with Gasteiger partial charge in [0.2, 0.25) is 0 Å².